The van der Waals surface area contributed by atoms with Gasteiger partial charge in [-0.3, -0.25) is 0 Å². The summed E-state index contributed by atoms with van der Waals surface area (Å²) in [6.07, 6.45) is -3.77. The zero-order valence-electron chi connectivity index (χ0n) is 10.3. The van der Waals surface area contributed by atoms with Crippen LogP contribution in [0.1, 0.15) is 18.9 Å². The fourth-order valence-corrected chi connectivity index (χ4v) is 1.73. The van der Waals surface area contributed by atoms with Gasteiger partial charge in [0.15, 0.2) is 0 Å². The minimum absolute atomic E-state index is 0.0239. The van der Waals surface area contributed by atoms with Crippen molar-refractivity contribution in [3.63, 3.8) is 0 Å². The van der Waals surface area contributed by atoms with Crippen LogP contribution in [0.4, 0.5) is 28.9 Å². The van der Waals surface area contributed by atoms with Crippen LogP contribution in [0.3, 0.4) is 0 Å². The Labute approximate surface area is 103 Å². The van der Waals surface area contributed by atoms with Crippen molar-refractivity contribution < 1.29 is 17.6 Å². The number of alkyl halides is 3. The van der Waals surface area contributed by atoms with E-state index in [0.29, 0.717) is 6.42 Å². The van der Waals surface area contributed by atoms with E-state index in [4.69, 9.17) is 5.73 Å². The maximum atomic E-state index is 13.2. The molecule has 1 aromatic carbocycles. The van der Waals surface area contributed by atoms with E-state index < -0.39 is 18.5 Å². The van der Waals surface area contributed by atoms with Gasteiger partial charge in [-0.1, -0.05) is 6.92 Å². The molecule has 0 saturated carbocycles. The van der Waals surface area contributed by atoms with Gasteiger partial charge in [0, 0.05) is 6.54 Å². The van der Waals surface area contributed by atoms with Crippen molar-refractivity contribution in [1.82, 2.24) is 0 Å². The summed E-state index contributed by atoms with van der Waals surface area (Å²) in [5.41, 5.74) is 6.12. The zero-order chi connectivity index (χ0) is 13.9. The van der Waals surface area contributed by atoms with E-state index in [1.54, 1.807) is 6.92 Å². The highest BCUT2D eigenvalue weighted by Gasteiger charge is 2.31. The highest BCUT2D eigenvalue weighted by atomic mass is 19.4. The molecule has 18 heavy (non-hydrogen) atoms. The quantitative estimate of drug-likeness (QED) is 0.666. The average Bonchev–Trinajstić information content (AvgIpc) is 2.21. The van der Waals surface area contributed by atoms with E-state index in [-0.39, 0.29) is 23.5 Å². The maximum Gasteiger partial charge on any atom is 0.405 e. The molecule has 6 heteroatoms. The van der Waals surface area contributed by atoms with Gasteiger partial charge >= 0.3 is 6.18 Å². The summed E-state index contributed by atoms with van der Waals surface area (Å²) in [5, 5.41) is 0. The minimum atomic E-state index is -4.32. The van der Waals surface area contributed by atoms with Crippen LogP contribution in [0, 0.1) is 12.7 Å². The molecule has 0 fully saturated rings. The van der Waals surface area contributed by atoms with Crippen LogP contribution in [0.2, 0.25) is 0 Å². The molecule has 102 valence electrons. The number of hydrogen-bond donors (Lipinski definition) is 1. The van der Waals surface area contributed by atoms with Gasteiger partial charge in [0.25, 0.3) is 0 Å². The SMILES string of the molecule is CCCN(CC(F)(F)F)c1cc(C)c(F)cc1N. The first-order chi connectivity index (χ1) is 8.24. The van der Waals surface area contributed by atoms with Crippen LogP contribution in [0.15, 0.2) is 12.1 Å². The van der Waals surface area contributed by atoms with Crippen LogP contribution >= 0.6 is 0 Å². The number of halogens is 4. The summed E-state index contributed by atoms with van der Waals surface area (Å²) in [7, 11) is 0. The van der Waals surface area contributed by atoms with Crippen LogP contribution in [-0.2, 0) is 0 Å². The number of nitrogen functional groups attached to an aromatic ring is 1. The van der Waals surface area contributed by atoms with E-state index >= 15 is 0 Å². The van der Waals surface area contributed by atoms with Gasteiger partial charge in [-0.25, -0.2) is 4.39 Å². The Bertz CT molecular complexity index is 415. The summed E-state index contributed by atoms with van der Waals surface area (Å²) in [4.78, 5) is 1.13. The molecule has 0 aliphatic carbocycles. The third kappa shape index (κ3) is 3.78. The summed E-state index contributed by atoms with van der Waals surface area (Å²) < 4.78 is 50.6. The van der Waals surface area contributed by atoms with Crippen LogP contribution < -0.4 is 10.6 Å². The average molecular weight is 264 g/mol. The first kappa shape index (κ1) is 14.6. The molecule has 2 N–H and O–H groups in total. The van der Waals surface area contributed by atoms with Crippen LogP contribution in [-0.4, -0.2) is 19.3 Å². The Morgan fingerprint density at radius 3 is 2.39 bits per heavy atom. The van der Waals surface area contributed by atoms with Crippen LogP contribution in [0.25, 0.3) is 0 Å². The molecular formula is C12H16F4N2. The summed E-state index contributed by atoms with van der Waals surface area (Å²) in [5.74, 6) is -0.514. The summed E-state index contributed by atoms with van der Waals surface area (Å²) >= 11 is 0. The van der Waals surface area contributed by atoms with E-state index in [2.05, 4.69) is 0 Å². The molecule has 2 nitrogen and oxygen atoms in total. The maximum absolute atomic E-state index is 13.2. The van der Waals surface area contributed by atoms with E-state index in [0.717, 1.165) is 11.0 Å². The molecule has 0 heterocycles. The molecule has 0 spiro atoms. The molecule has 1 aromatic rings. The molecule has 0 aromatic heterocycles. The molecule has 0 atom stereocenters. The second-order valence-corrected chi connectivity index (χ2v) is 4.20. The van der Waals surface area contributed by atoms with Gasteiger partial charge in [0.2, 0.25) is 0 Å². The van der Waals surface area contributed by atoms with Crippen molar-refractivity contribution in [2.75, 3.05) is 23.7 Å². The Balaban J connectivity index is 3.09. The van der Waals surface area contributed by atoms with Crippen molar-refractivity contribution in [3.05, 3.63) is 23.5 Å². The van der Waals surface area contributed by atoms with Crippen molar-refractivity contribution in [1.29, 1.82) is 0 Å². The van der Waals surface area contributed by atoms with E-state index in [9.17, 15) is 17.6 Å². The number of benzene rings is 1. The topological polar surface area (TPSA) is 29.3 Å². The van der Waals surface area contributed by atoms with Gasteiger partial charge in [0.05, 0.1) is 11.4 Å². The Kier molecular flexibility index (Phi) is 4.43. The second kappa shape index (κ2) is 5.46. The predicted molar refractivity (Wildman–Crippen MR) is 64.1 cm³/mol. The number of nitrogens with two attached hydrogens (primary N) is 1. The third-order valence-electron chi connectivity index (χ3n) is 2.51. The third-order valence-corrected chi connectivity index (χ3v) is 2.51. The first-order valence-corrected chi connectivity index (χ1v) is 5.62. The fourth-order valence-electron chi connectivity index (χ4n) is 1.73. The number of anilines is 2. The predicted octanol–water partition coefficient (Wildman–Crippen LogP) is 3.50. The Hall–Kier alpha value is -1.46. The second-order valence-electron chi connectivity index (χ2n) is 4.20. The zero-order valence-corrected chi connectivity index (χ0v) is 10.3. The molecule has 1 rings (SSSR count). The van der Waals surface area contributed by atoms with Crippen molar-refractivity contribution >= 4 is 11.4 Å². The number of aryl methyl sites for hydroxylation is 1. The standard InChI is InChI=1S/C12H16F4N2/c1-3-4-18(7-12(14,15)16)11-5-8(2)9(13)6-10(11)17/h5-6H,3-4,7,17H2,1-2H3. The number of nitrogens with zero attached hydrogens (tertiary/aromatic N) is 1. The first-order valence-electron chi connectivity index (χ1n) is 5.62. The van der Waals surface area contributed by atoms with Gasteiger partial charge in [0.1, 0.15) is 12.4 Å². The van der Waals surface area contributed by atoms with Gasteiger partial charge in [-0.05, 0) is 31.0 Å². The van der Waals surface area contributed by atoms with Crippen molar-refractivity contribution in [3.8, 4) is 0 Å². The highest BCUT2D eigenvalue weighted by molar-refractivity contribution is 5.68. The molecule has 0 amide bonds. The smallest absolute Gasteiger partial charge is 0.397 e. The lowest BCUT2D eigenvalue weighted by atomic mass is 10.1. The minimum Gasteiger partial charge on any atom is -0.397 e. The molecule has 0 bridgehead atoms. The molecule has 0 aliphatic heterocycles. The Morgan fingerprint density at radius 2 is 1.89 bits per heavy atom. The lowest BCUT2D eigenvalue weighted by Gasteiger charge is -2.27. The lowest BCUT2D eigenvalue weighted by molar-refractivity contribution is -0.119. The number of hydrogen-bond acceptors (Lipinski definition) is 2. The molecule has 0 radical (unpaired) electrons. The lowest BCUT2D eigenvalue weighted by Crippen LogP contribution is -2.35. The largest absolute Gasteiger partial charge is 0.405 e. The molecule has 0 aliphatic rings. The van der Waals surface area contributed by atoms with Crippen molar-refractivity contribution in [2.24, 2.45) is 0 Å². The summed E-state index contributed by atoms with van der Waals surface area (Å²) in [6.45, 7) is 2.40. The Morgan fingerprint density at radius 1 is 1.28 bits per heavy atom. The van der Waals surface area contributed by atoms with E-state index in [1.165, 1.54) is 13.0 Å². The highest BCUT2D eigenvalue weighted by Crippen LogP contribution is 2.29. The molecular weight excluding hydrogens is 248 g/mol. The molecule has 0 saturated heterocycles. The summed E-state index contributed by atoms with van der Waals surface area (Å²) in [6, 6.07) is 2.41. The monoisotopic (exact) mass is 264 g/mol. The van der Waals surface area contributed by atoms with Gasteiger partial charge in [-0.2, -0.15) is 13.2 Å². The normalized spacial score (nSPS) is 11.7. The van der Waals surface area contributed by atoms with Gasteiger partial charge < -0.3 is 10.6 Å². The van der Waals surface area contributed by atoms with Gasteiger partial charge in [-0.15, -0.1) is 0 Å². The van der Waals surface area contributed by atoms with Crippen LogP contribution in [0.5, 0.6) is 0 Å². The van der Waals surface area contributed by atoms with Crippen molar-refractivity contribution in [2.45, 2.75) is 26.4 Å². The number of rotatable bonds is 4. The van der Waals surface area contributed by atoms with E-state index in [1.807, 2.05) is 0 Å². The fraction of sp³-hybridized carbons (Fsp3) is 0.500. The molecule has 0 unspecified atom stereocenters.